The first-order valence-corrected chi connectivity index (χ1v) is 12.2. The SMILES string of the molecule is COc1ccc(N2C(=S)N[C@@H](c3ccccn3)[C@H]2c2cc(C)n(-c3cc(C)ccn3)c2C)c(OC)c1. The minimum atomic E-state index is -0.167. The molecule has 1 fully saturated rings. The Morgan fingerprint density at radius 2 is 1.75 bits per heavy atom. The maximum absolute atomic E-state index is 5.92. The molecule has 0 unspecified atom stereocenters. The highest BCUT2D eigenvalue weighted by atomic mass is 32.1. The molecule has 1 aromatic carbocycles. The van der Waals surface area contributed by atoms with Gasteiger partial charge in [0.05, 0.1) is 37.7 Å². The van der Waals surface area contributed by atoms with E-state index in [9.17, 15) is 0 Å². The molecular formula is C28H29N5O2S. The molecule has 2 atom stereocenters. The molecule has 1 N–H and O–H groups in total. The van der Waals surface area contributed by atoms with Crippen LogP contribution in [-0.4, -0.2) is 33.9 Å². The standard InChI is InChI=1S/C28H29N5O2S/c1-17-11-13-30-25(14-17)32-18(2)15-21(19(32)3)27-26(22-8-6-7-12-29-22)31-28(36)33(27)23-10-9-20(34-4)16-24(23)35-5/h6-16,26-27H,1-5H3,(H,31,36)/t26-,27+/m0/s1. The third-order valence-corrected chi connectivity index (χ3v) is 6.98. The predicted molar refractivity (Wildman–Crippen MR) is 145 cm³/mol. The van der Waals surface area contributed by atoms with Crippen LogP contribution in [0.25, 0.3) is 5.82 Å². The van der Waals surface area contributed by atoms with E-state index in [0.717, 1.165) is 45.5 Å². The van der Waals surface area contributed by atoms with Crippen molar-refractivity contribution < 1.29 is 9.47 Å². The van der Waals surface area contributed by atoms with Crippen LogP contribution in [0, 0.1) is 20.8 Å². The second-order valence-corrected chi connectivity index (χ2v) is 9.27. The fourth-order valence-corrected chi connectivity index (χ4v) is 5.34. The van der Waals surface area contributed by atoms with Gasteiger partial charge in [0.2, 0.25) is 0 Å². The van der Waals surface area contributed by atoms with Crippen molar-refractivity contribution in [2.45, 2.75) is 32.9 Å². The molecule has 0 bridgehead atoms. The number of rotatable bonds is 6. The van der Waals surface area contributed by atoms with Crippen molar-refractivity contribution >= 4 is 23.0 Å². The summed E-state index contributed by atoms with van der Waals surface area (Å²) in [5, 5.41) is 4.14. The molecular weight excluding hydrogens is 470 g/mol. The molecule has 1 saturated heterocycles. The number of hydrogen-bond acceptors (Lipinski definition) is 5. The molecule has 0 aliphatic carbocycles. The number of hydrogen-bond donors (Lipinski definition) is 1. The number of ether oxygens (including phenoxy) is 2. The van der Waals surface area contributed by atoms with E-state index in [1.807, 2.05) is 54.9 Å². The molecule has 4 heterocycles. The van der Waals surface area contributed by atoms with E-state index in [2.05, 4.69) is 57.7 Å². The van der Waals surface area contributed by atoms with Gasteiger partial charge in [0, 0.05) is 29.8 Å². The summed E-state index contributed by atoms with van der Waals surface area (Å²) in [6, 6.07) is 17.7. The Morgan fingerprint density at radius 3 is 2.44 bits per heavy atom. The lowest BCUT2D eigenvalue weighted by Gasteiger charge is -2.29. The van der Waals surface area contributed by atoms with Crippen molar-refractivity contribution in [2.75, 3.05) is 19.1 Å². The number of nitrogens with zero attached hydrogens (tertiary/aromatic N) is 4. The smallest absolute Gasteiger partial charge is 0.174 e. The number of aryl methyl sites for hydroxylation is 2. The Labute approximate surface area is 216 Å². The van der Waals surface area contributed by atoms with Crippen molar-refractivity contribution in [3.8, 4) is 17.3 Å². The number of aromatic nitrogens is 3. The van der Waals surface area contributed by atoms with Crippen LogP contribution in [0.5, 0.6) is 11.5 Å². The van der Waals surface area contributed by atoms with Gasteiger partial charge in [0.25, 0.3) is 0 Å². The zero-order valence-electron chi connectivity index (χ0n) is 21.0. The summed E-state index contributed by atoms with van der Waals surface area (Å²) in [6.45, 7) is 6.32. The van der Waals surface area contributed by atoms with Crippen molar-refractivity contribution in [1.82, 2.24) is 19.9 Å². The minimum absolute atomic E-state index is 0.162. The first-order valence-electron chi connectivity index (χ1n) is 11.8. The number of benzene rings is 1. The van der Waals surface area contributed by atoms with Gasteiger partial charge in [0.1, 0.15) is 17.3 Å². The number of anilines is 1. The Hall–Kier alpha value is -3.91. The monoisotopic (exact) mass is 499 g/mol. The second kappa shape index (κ2) is 9.62. The number of methoxy groups -OCH3 is 2. The van der Waals surface area contributed by atoms with Crippen molar-refractivity contribution in [3.63, 3.8) is 0 Å². The predicted octanol–water partition coefficient (Wildman–Crippen LogP) is 5.39. The largest absolute Gasteiger partial charge is 0.497 e. The van der Waals surface area contributed by atoms with E-state index in [4.69, 9.17) is 21.7 Å². The third kappa shape index (κ3) is 4.07. The van der Waals surface area contributed by atoms with Crippen LogP contribution in [0.4, 0.5) is 5.69 Å². The summed E-state index contributed by atoms with van der Waals surface area (Å²) in [6.07, 6.45) is 3.66. The van der Waals surface area contributed by atoms with Crippen LogP contribution in [0.3, 0.4) is 0 Å². The van der Waals surface area contributed by atoms with Crippen LogP contribution in [-0.2, 0) is 0 Å². The normalized spacial score (nSPS) is 17.2. The highest BCUT2D eigenvalue weighted by molar-refractivity contribution is 7.80. The minimum Gasteiger partial charge on any atom is -0.497 e. The van der Waals surface area contributed by atoms with E-state index >= 15 is 0 Å². The average Bonchev–Trinajstić information content (AvgIpc) is 3.38. The summed E-state index contributed by atoms with van der Waals surface area (Å²) in [4.78, 5) is 11.5. The van der Waals surface area contributed by atoms with Crippen LogP contribution in [0.15, 0.2) is 67.0 Å². The maximum Gasteiger partial charge on any atom is 0.174 e. The summed E-state index contributed by atoms with van der Waals surface area (Å²) in [7, 11) is 3.30. The maximum atomic E-state index is 5.92. The van der Waals surface area contributed by atoms with Crippen LogP contribution < -0.4 is 19.7 Å². The van der Waals surface area contributed by atoms with Gasteiger partial charge in [-0.05, 0) is 86.6 Å². The van der Waals surface area contributed by atoms with Gasteiger partial charge in [-0.3, -0.25) is 4.98 Å². The fraction of sp³-hybridized carbons (Fsp3) is 0.250. The number of pyridine rings is 2. The molecule has 0 amide bonds. The van der Waals surface area contributed by atoms with Gasteiger partial charge in [-0.15, -0.1) is 0 Å². The lowest BCUT2D eigenvalue weighted by Crippen LogP contribution is -2.30. The van der Waals surface area contributed by atoms with Crippen molar-refractivity contribution in [3.05, 3.63) is 95.2 Å². The van der Waals surface area contributed by atoms with Gasteiger partial charge >= 0.3 is 0 Å². The molecule has 184 valence electrons. The zero-order chi connectivity index (χ0) is 25.4. The van der Waals surface area contributed by atoms with E-state index in [1.54, 1.807) is 14.2 Å². The Balaban J connectivity index is 1.70. The molecule has 4 aromatic rings. The van der Waals surface area contributed by atoms with Gasteiger partial charge in [-0.2, -0.15) is 0 Å². The van der Waals surface area contributed by atoms with Gasteiger partial charge < -0.3 is 24.3 Å². The highest BCUT2D eigenvalue weighted by Crippen LogP contribution is 2.46. The molecule has 1 aliphatic heterocycles. The van der Waals surface area contributed by atoms with Gasteiger partial charge in [-0.1, -0.05) is 6.07 Å². The molecule has 7 nitrogen and oxygen atoms in total. The van der Waals surface area contributed by atoms with Crippen molar-refractivity contribution in [2.24, 2.45) is 0 Å². The molecule has 1 aliphatic rings. The van der Waals surface area contributed by atoms with E-state index in [-0.39, 0.29) is 12.1 Å². The zero-order valence-corrected chi connectivity index (χ0v) is 21.8. The summed E-state index contributed by atoms with van der Waals surface area (Å²) in [5.41, 5.74) is 6.27. The quantitative estimate of drug-likeness (QED) is 0.357. The molecule has 5 rings (SSSR count). The van der Waals surface area contributed by atoms with E-state index in [0.29, 0.717) is 10.9 Å². The molecule has 3 aromatic heterocycles. The molecule has 0 saturated carbocycles. The Morgan fingerprint density at radius 1 is 0.917 bits per heavy atom. The first kappa shape index (κ1) is 23.8. The topological polar surface area (TPSA) is 64.4 Å². The van der Waals surface area contributed by atoms with E-state index < -0.39 is 0 Å². The number of nitrogens with one attached hydrogen (secondary N) is 1. The number of thiocarbonyl (C=S) groups is 1. The van der Waals surface area contributed by atoms with Crippen molar-refractivity contribution in [1.29, 1.82) is 0 Å². The summed E-state index contributed by atoms with van der Waals surface area (Å²) in [5.74, 6) is 2.29. The lowest BCUT2D eigenvalue weighted by molar-refractivity contribution is 0.394. The van der Waals surface area contributed by atoms with E-state index in [1.165, 1.54) is 0 Å². The third-order valence-electron chi connectivity index (χ3n) is 6.66. The summed E-state index contributed by atoms with van der Waals surface area (Å²) >= 11 is 5.92. The average molecular weight is 500 g/mol. The summed E-state index contributed by atoms with van der Waals surface area (Å²) < 4.78 is 13.4. The Bertz CT molecular complexity index is 1420. The van der Waals surface area contributed by atoms with Crippen LogP contribution >= 0.6 is 12.2 Å². The lowest BCUT2D eigenvalue weighted by atomic mass is 9.96. The van der Waals surface area contributed by atoms with Gasteiger partial charge in [0.15, 0.2) is 5.11 Å². The Kier molecular flexibility index (Phi) is 6.36. The van der Waals surface area contributed by atoms with Crippen LogP contribution in [0.2, 0.25) is 0 Å². The molecule has 0 radical (unpaired) electrons. The second-order valence-electron chi connectivity index (χ2n) is 8.89. The molecule has 36 heavy (non-hydrogen) atoms. The fourth-order valence-electron chi connectivity index (χ4n) is 5.00. The van der Waals surface area contributed by atoms with Gasteiger partial charge in [-0.25, -0.2) is 4.98 Å². The van der Waals surface area contributed by atoms with Crippen LogP contribution in [0.1, 0.15) is 40.3 Å². The molecule has 8 heteroatoms. The molecule has 0 spiro atoms. The first-order chi connectivity index (χ1) is 17.4. The highest BCUT2D eigenvalue weighted by Gasteiger charge is 2.43.